The van der Waals surface area contributed by atoms with E-state index >= 15 is 0 Å². The number of allylic oxidation sites excluding steroid dienone is 1. The molecule has 1 fully saturated rings. The molecular weight excluding hydrogens is 147 g/mol. The first-order chi connectivity index (χ1) is 5.93. The second-order valence-electron chi connectivity index (χ2n) is 2.71. The van der Waals surface area contributed by atoms with Crippen LogP contribution in [0.25, 0.3) is 0 Å². The molecule has 2 N–H and O–H groups in total. The molecule has 0 aromatic rings. The van der Waals surface area contributed by atoms with Crippen LogP contribution >= 0.6 is 0 Å². The monoisotopic (exact) mass is 160 g/mol. The standard InChI is InChI=1S/C6H13B3N3/c1-2-3-4-5-6-12-8-10-7-11-9-12/h5-6,10-11H,2-4H2,1H3. The van der Waals surface area contributed by atoms with Crippen molar-refractivity contribution in [3.8, 4) is 0 Å². The van der Waals surface area contributed by atoms with Crippen LogP contribution in [0.15, 0.2) is 12.3 Å². The summed E-state index contributed by atoms with van der Waals surface area (Å²) in [6.07, 6.45) is 7.88. The van der Waals surface area contributed by atoms with Gasteiger partial charge in [-0.2, -0.15) is 0 Å². The molecule has 1 heterocycles. The van der Waals surface area contributed by atoms with Gasteiger partial charge in [0, 0.05) is 0 Å². The summed E-state index contributed by atoms with van der Waals surface area (Å²) in [4.78, 5) is 0. The first kappa shape index (κ1) is 9.74. The Labute approximate surface area is 76.8 Å². The maximum Gasteiger partial charge on any atom is 0.323 e. The molecule has 0 aromatic heterocycles. The minimum Gasteiger partial charge on any atom is -0.448 e. The Morgan fingerprint density at radius 1 is 1.33 bits per heavy atom. The van der Waals surface area contributed by atoms with Gasteiger partial charge in [-0.05, 0) is 12.6 Å². The molecule has 1 aliphatic heterocycles. The Morgan fingerprint density at radius 3 is 2.75 bits per heavy atom. The zero-order valence-electron chi connectivity index (χ0n) is 7.46. The highest BCUT2D eigenvalue weighted by atomic mass is 15.1. The molecule has 0 aromatic carbocycles. The highest BCUT2D eigenvalue weighted by Gasteiger charge is 2.09. The summed E-state index contributed by atoms with van der Waals surface area (Å²) in [5.74, 6) is 0. The lowest BCUT2D eigenvalue weighted by Gasteiger charge is -2.23. The maximum atomic E-state index is 2.96. The average Bonchev–Trinajstić information content (AvgIpc) is 2.14. The zero-order valence-corrected chi connectivity index (χ0v) is 7.46. The van der Waals surface area contributed by atoms with E-state index in [-0.39, 0.29) is 0 Å². The van der Waals surface area contributed by atoms with Crippen LogP contribution in [0, 0.1) is 0 Å². The van der Waals surface area contributed by atoms with E-state index < -0.39 is 0 Å². The fourth-order valence-electron chi connectivity index (χ4n) is 0.936. The lowest BCUT2D eigenvalue weighted by molar-refractivity contribution is 0.799. The van der Waals surface area contributed by atoms with Crippen LogP contribution in [-0.2, 0) is 0 Å². The molecule has 0 amide bonds. The third-order valence-corrected chi connectivity index (χ3v) is 1.62. The van der Waals surface area contributed by atoms with Gasteiger partial charge in [0.25, 0.3) is 7.55 Å². The Hall–Kier alpha value is -0.345. The predicted octanol–water partition coefficient (Wildman–Crippen LogP) is -0.212. The summed E-state index contributed by atoms with van der Waals surface area (Å²) in [6.45, 7) is 2.20. The summed E-state index contributed by atoms with van der Waals surface area (Å²) >= 11 is 0. The fourth-order valence-corrected chi connectivity index (χ4v) is 0.936. The van der Waals surface area contributed by atoms with Crippen molar-refractivity contribution in [3.63, 3.8) is 0 Å². The van der Waals surface area contributed by atoms with Crippen LogP contribution in [0.2, 0.25) is 0 Å². The van der Waals surface area contributed by atoms with Gasteiger partial charge < -0.3 is 15.0 Å². The van der Waals surface area contributed by atoms with Crippen molar-refractivity contribution in [2.24, 2.45) is 0 Å². The molecule has 3 radical (unpaired) electrons. The molecule has 0 spiro atoms. The van der Waals surface area contributed by atoms with E-state index in [1.165, 1.54) is 12.8 Å². The number of nitrogens with zero attached hydrogens (tertiary/aromatic N) is 1. The topological polar surface area (TPSA) is 27.3 Å². The first-order valence-electron chi connectivity index (χ1n) is 4.38. The molecule has 6 heteroatoms. The third-order valence-electron chi connectivity index (χ3n) is 1.62. The first-order valence-corrected chi connectivity index (χ1v) is 4.38. The molecule has 12 heavy (non-hydrogen) atoms. The van der Waals surface area contributed by atoms with Gasteiger partial charge in [-0.3, -0.25) is 0 Å². The second-order valence-corrected chi connectivity index (χ2v) is 2.71. The molecule has 1 aliphatic rings. The van der Waals surface area contributed by atoms with Crippen LogP contribution in [0.5, 0.6) is 0 Å². The third kappa shape index (κ3) is 3.88. The van der Waals surface area contributed by atoms with E-state index in [1.807, 2.05) is 26.0 Å². The summed E-state index contributed by atoms with van der Waals surface area (Å²) in [6, 6.07) is 0. The van der Waals surface area contributed by atoms with Crippen molar-refractivity contribution < 1.29 is 0 Å². The van der Waals surface area contributed by atoms with Crippen molar-refractivity contribution in [1.82, 2.24) is 15.0 Å². The van der Waals surface area contributed by atoms with Crippen molar-refractivity contribution >= 4 is 22.6 Å². The molecular formula is C6H13B3N3. The predicted molar refractivity (Wildman–Crippen MR) is 54.0 cm³/mol. The maximum absolute atomic E-state index is 2.96. The highest BCUT2D eigenvalue weighted by Crippen LogP contribution is 1.95. The van der Waals surface area contributed by atoms with Gasteiger partial charge >= 0.3 is 15.1 Å². The summed E-state index contributed by atoms with van der Waals surface area (Å²) in [7, 11) is 5.55. The fraction of sp³-hybridized carbons (Fsp3) is 0.667. The Bertz CT molecular complexity index is 136. The lowest BCUT2D eigenvalue weighted by Crippen LogP contribution is -2.55. The number of nitrogens with one attached hydrogen (secondary N) is 2. The molecule has 1 saturated heterocycles. The zero-order chi connectivity index (χ0) is 8.65. The van der Waals surface area contributed by atoms with E-state index in [4.69, 9.17) is 0 Å². The van der Waals surface area contributed by atoms with E-state index in [0.717, 1.165) is 6.42 Å². The van der Waals surface area contributed by atoms with Gasteiger partial charge in [0.2, 0.25) is 0 Å². The van der Waals surface area contributed by atoms with Gasteiger partial charge in [-0.15, -0.1) is 0 Å². The minimum absolute atomic E-state index is 1.15. The number of rotatable bonds is 4. The Morgan fingerprint density at radius 2 is 2.08 bits per heavy atom. The normalized spacial score (nSPS) is 16.9. The van der Waals surface area contributed by atoms with E-state index in [0.29, 0.717) is 0 Å². The van der Waals surface area contributed by atoms with Crippen LogP contribution in [0.4, 0.5) is 0 Å². The molecule has 0 saturated carbocycles. The Kier molecular flexibility index (Phi) is 5.03. The summed E-state index contributed by atoms with van der Waals surface area (Å²) in [5, 5.41) is 5.92. The smallest absolute Gasteiger partial charge is 0.323 e. The van der Waals surface area contributed by atoms with Gasteiger partial charge in [0.15, 0.2) is 0 Å². The van der Waals surface area contributed by atoms with Crippen molar-refractivity contribution in [2.45, 2.75) is 26.2 Å². The molecule has 3 nitrogen and oxygen atoms in total. The van der Waals surface area contributed by atoms with Crippen molar-refractivity contribution in [3.05, 3.63) is 12.3 Å². The number of hydrogen-bond acceptors (Lipinski definition) is 3. The second kappa shape index (κ2) is 6.20. The lowest BCUT2D eigenvalue weighted by atomic mass is 9.81. The number of hydrogen-bond donors (Lipinski definition) is 2. The average molecular weight is 160 g/mol. The van der Waals surface area contributed by atoms with Gasteiger partial charge in [0.1, 0.15) is 0 Å². The van der Waals surface area contributed by atoms with E-state index in [2.05, 4.69) is 23.3 Å². The van der Waals surface area contributed by atoms with Gasteiger partial charge in [-0.25, -0.2) is 0 Å². The quantitative estimate of drug-likeness (QED) is 0.439. The molecule has 0 aliphatic carbocycles. The minimum atomic E-state index is 1.15. The van der Waals surface area contributed by atoms with Crippen LogP contribution in [0.3, 0.4) is 0 Å². The van der Waals surface area contributed by atoms with Crippen LogP contribution in [0.1, 0.15) is 26.2 Å². The van der Waals surface area contributed by atoms with Gasteiger partial charge in [0.05, 0.1) is 0 Å². The summed E-state index contributed by atoms with van der Waals surface area (Å²) < 4.78 is 1.95. The molecule has 61 valence electrons. The molecule has 0 bridgehead atoms. The highest BCUT2D eigenvalue weighted by molar-refractivity contribution is 6.65. The molecule has 1 rings (SSSR count). The Balaban J connectivity index is 2.07. The summed E-state index contributed by atoms with van der Waals surface area (Å²) in [5.41, 5.74) is 0. The van der Waals surface area contributed by atoms with Gasteiger partial charge in [-0.1, -0.05) is 25.8 Å². The van der Waals surface area contributed by atoms with E-state index in [1.54, 1.807) is 7.55 Å². The van der Waals surface area contributed by atoms with Crippen molar-refractivity contribution in [1.29, 1.82) is 0 Å². The largest absolute Gasteiger partial charge is 0.448 e. The van der Waals surface area contributed by atoms with E-state index in [9.17, 15) is 0 Å². The van der Waals surface area contributed by atoms with Crippen molar-refractivity contribution in [2.75, 3.05) is 0 Å². The SMILES string of the molecule is CCCCC=CN1[B]N[B]N[B]1. The number of unbranched alkanes of at least 4 members (excludes halogenated alkanes) is 2. The van der Waals surface area contributed by atoms with Crippen LogP contribution in [-0.4, -0.2) is 27.4 Å². The van der Waals surface area contributed by atoms with Crippen LogP contribution < -0.4 is 10.3 Å². The molecule has 0 unspecified atom stereocenters. The molecule has 0 atom stereocenters.